The lowest BCUT2D eigenvalue weighted by Crippen LogP contribution is -2.37. The molecule has 17 heavy (non-hydrogen) atoms. The number of hydrogen-bond acceptors (Lipinski definition) is 4. The Labute approximate surface area is 102 Å². The number of methoxy groups -OCH3 is 1. The maximum Gasteiger partial charge on any atom is 0.323 e. The number of benzene rings is 1. The normalized spacial score (nSPS) is 13.9. The Kier molecular flexibility index (Phi) is 4.97. The maximum atomic E-state index is 11.5. The van der Waals surface area contributed by atoms with Crippen LogP contribution in [-0.2, 0) is 9.53 Å². The van der Waals surface area contributed by atoms with E-state index in [4.69, 9.17) is 15.2 Å². The van der Waals surface area contributed by atoms with Gasteiger partial charge >= 0.3 is 5.97 Å². The van der Waals surface area contributed by atoms with Crippen LogP contribution in [0.25, 0.3) is 0 Å². The molecule has 0 amide bonds. The van der Waals surface area contributed by atoms with Gasteiger partial charge in [0.05, 0.1) is 13.7 Å². The first-order valence-corrected chi connectivity index (χ1v) is 5.66. The van der Waals surface area contributed by atoms with E-state index < -0.39 is 6.04 Å². The molecular weight excluding hydrogens is 218 g/mol. The molecule has 4 nitrogen and oxygen atoms in total. The van der Waals surface area contributed by atoms with Crippen LogP contribution < -0.4 is 10.5 Å². The third kappa shape index (κ3) is 3.46. The van der Waals surface area contributed by atoms with Gasteiger partial charge < -0.3 is 15.2 Å². The van der Waals surface area contributed by atoms with Gasteiger partial charge in [0.1, 0.15) is 11.8 Å². The molecule has 1 aromatic carbocycles. The smallest absolute Gasteiger partial charge is 0.323 e. The van der Waals surface area contributed by atoms with E-state index in [2.05, 4.69) is 0 Å². The molecule has 0 fully saturated rings. The molecule has 2 atom stereocenters. The Bertz CT molecular complexity index is 361. The van der Waals surface area contributed by atoms with Gasteiger partial charge in [0.15, 0.2) is 0 Å². The molecular formula is C13H19NO3. The minimum atomic E-state index is -0.636. The minimum absolute atomic E-state index is 0.0834. The zero-order chi connectivity index (χ0) is 12.8. The Morgan fingerprint density at radius 1 is 1.35 bits per heavy atom. The summed E-state index contributed by atoms with van der Waals surface area (Å²) in [6, 6.07) is 6.88. The highest BCUT2D eigenvalue weighted by Gasteiger charge is 2.23. The number of carbonyl (C=O) groups excluding carboxylic acids is 1. The van der Waals surface area contributed by atoms with E-state index >= 15 is 0 Å². The SMILES string of the molecule is CCOC(=O)[C@H](N)[C@@H](C)c1ccc(OC)cc1. The summed E-state index contributed by atoms with van der Waals surface area (Å²) < 4.78 is 9.98. The van der Waals surface area contributed by atoms with E-state index in [0.717, 1.165) is 11.3 Å². The third-order valence-corrected chi connectivity index (χ3v) is 2.74. The Morgan fingerprint density at radius 3 is 2.41 bits per heavy atom. The van der Waals surface area contributed by atoms with Gasteiger partial charge in [-0.15, -0.1) is 0 Å². The predicted octanol–water partition coefficient (Wildman–Crippen LogP) is 1.69. The molecule has 0 aliphatic heterocycles. The van der Waals surface area contributed by atoms with Crippen LogP contribution in [0.15, 0.2) is 24.3 Å². The Morgan fingerprint density at radius 2 is 1.94 bits per heavy atom. The number of hydrogen-bond donors (Lipinski definition) is 1. The molecule has 2 N–H and O–H groups in total. The van der Waals surface area contributed by atoms with Crippen LogP contribution in [0.4, 0.5) is 0 Å². The van der Waals surface area contributed by atoms with Crippen molar-refractivity contribution in [2.75, 3.05) is 13.7 Å². The fraction of sp³-hybridized carbons (Fsp3) is 0.462. The van der Waals surface area contributed by atoms with E-state index in [9.17, 15) is 4.79 Å². The van der Waals surface area contributed by atoms with Gasteiger partial charge in [-0.1, -0.05) is 19.1 Å². The monoisotopic (exact) mass is 237 g/mol. The fourth-order valence-corrected chi connectivity index (χ4v) is 1.56. The zero-order valence-electron chi connectivity index (χ0n) is 10.5. The van der Waals surface area contributed by atoms with Crippen LogP contribution in [0.1, 0.15) is 25.3 Å². The van der Waals surface area contributed by atoms with Crippen molar-refractivity contribution in [1.82, 2.24) is 0 Å². The predicted molar refractivity (Wildman–Crippen MR) is 66.0 cm³/mol. The second-order valence-electron chi connectivity index (χ2n) is 3.84. The van der Waals surface area contributed by atoms with E-state index in [1.807, 2.05) is 31.2 Å². The molecule has 0 radical (unpaired) electrons. The highest BCUT2D eigenvalue weighted by molar-refractivity contribution is 5.76. The van der Waals surface area contributed by atoms with Crippen LogP contribution in [-0.4, -0.2) is 25.7 Å². The summed E-state index contributed by atoms with van der Waals surface area (Å²) in [7, 11) is 1.61. The lowest BCUT2D eigenvalue weighted by atomic mass is 9.94. The minimum Gasteiger partial charge on any atom is -0.497 e. The number of carbonyl (C=O) groups is 1. The summed E-state index contributed by atoms with van der Waals surface area (Å²) in [6.07, 6.45) is 0. The van der Waals surface area contributed by atoms with Crippen molar-refractivity contribution >= 4 is 5.97 Å². The van der Waals surface area contributed by atoms with Crippen LogP contribution in [0.3, 0.4) is 0 Å². The summed E-state index contributed by atoms with van der Waals surface area (Å²) in [4.78, 5) is 11.5. The molecule has 0 heterocycles. The first-order valence-electron chi connectivity index (χ1n) is 5.66. The van der Waals surface area contributed by atoms with Gasteiger partial charge in [-0.2, -0.15) is 0 Å². The van der Waals surface area contributed by atoms with Gasteiger partial charge in [0, 0.05) is 5.92 Å². The molecule has 0 aliphatic rings. The molecule has 0 aliphatic carbocycles. The molecule has 0 saturated carbocycles. The lowest BCUT2D eigenvalue weighted by Gasteiger charge is -2.18. The van der Waals surface area contributed by atoms with Gasteiger partial charge in [-0.3, -0.25) is 4.79 Å². The molecule has 94 valence electrons. The lowest BCUT2D eigenvalue weighted by molar-refractivity contribution is -0.145. The number of esters is 1. The summed E-state index contributed by atoms with van der Waals surface area (Å²) in [5.74, 6) is 0.335. The van der Waals surface area contributed by atoms with Crippen molar-refractivity contribution in [2.45, 2.75) is 25.8 Å². The number of nitrogens with two attached hydrogens (primary N) is 1. The highest BCUT2D eigenvalue weighted by atomic mass is 16.5. The van der Waals surface area contributed by atoms with Crippen LogP contribution in [0, 0.1) is 0 Å². The summed E-state index contributed by atoms with van der Waals surface area (Å²) in [5.41, 5.74) is 6.84. The van der Waals surface area contributed by atoms with E-state index in [0.29, 0.717) is 6.61 Å². The summed E-state index contributed by atoms with van der Waals surface area (Å²) in [6.45, 7) is 4.02. The zero-order valence-corrected chi connectivity index (χ0v) is 10.5. The van der Waals surface area contributed by atoms with Crippen molar-refractivity contribution in [2.24, 2.45) is 5.73 Å². The van der Waals surface area contributed by atoms with Crippen molar-refractivity contribution < 1.29 is 14.3 Å². The second-order valence-corrected chi connectivity index (χ2v) is 3.84. The molecule has 0 saturated heterocycles. The summed E-state index contributed by atoms with van der Waals surface area (Å²) in [5, 5.41) is 0. The van der Waals surface area contributed by atoms with E-state index in [1.54, 1.807) is 14.0 Å². The van der Waals surface area contributed by atoms with Gasteiger partial charge in [0.25, 0.3) is 0 Å². The largest absolute Gasteiger partial charge is 0.497 e. The van der Waals surface area contributed by atoms with Gasteiger partial charge in [-0.05, 0) is 24.6 Å². The molecule has 0 unspecified atom stereocenters. The van der Waals surface area contributed by atoms with Crippen molar-refractivity contribution in [3.05, 3.63) is 29.8 Å². The van der Waals surface area contributed by atoms with Crippen molar-refractivity contribution in [1.29, 1.82) is 0 Å². The van der Waals surface area contributed by atoms with E-state index in [-0.39, 0.29) is 11.9 Å². The second kappa shape index (κ2) is 6.25. The van der Waals surface area contributed by atoms with Gasteiger partial charge in [0.2, 0.25) is 0 Å². The first kappa shape index (κ1) is 13.5. The Hall–Kier alpha value is -1.55. The molecule has 0 spiro atoms. The standard InChI is InChI=1S/C13H19NO3/c1-4-17-13(15)12(14)9(2)10-5-7-11(16-3)8-6-10/h5-9,12H,4,14H2,1-3H3/t9-,12+/m0/s1. The molecule has 4 heteroatoms. The fourth-order valence-electron chi connectivity index (χ4n) is 1.56. The molecule has 0 aromatic heterocycles. The number of rotatable bonds is 5. The topological polar surface area (TPSA) is 61.5 Å². The average molecular weight is 237 g/mol. The third-order valence-electron chi connectivity index (χ3n) is 2.74. The number of ether oxygens (including phenoxy) is 2. The average Bonchev–Trinajstić information content (AvgIpc) is 2.37. The van der Waals surface area contributed by atoms with Crippen LogP contribution in [0.2, 0.25) is 0 Å². The molecule has 0 bridgehead atoms. The Balaban J connectivity index is 2.73. The first-order chi connectivity index (χ1) is 8.10. The van der Waals surface area contributed by atoms with Crippen LogP contribution >= 0.6 is 0 Å². The van der Waals surface area contributed by atoms with Crippen molar-refractivity contribution in [3.8, 4) is 5.75 Å². The molecule has 1 aromatic rings. The van der Waals surface area contributed by atoms with Crippen molar-refractivity contribution in [3.63, 3.8) is 0 Å². The van der Waals surface area contributed by atoms with Gasteiger partial charge in [-0.25, -0.2) is 0 Å². The maximum absolute atomic E-state index is 11.5. The van der Waals surface area contributed by atoms with E-state index in [1.165, 1.54) is 0 Å². The quantitative estimate of drug-likeness (QED) is 0.792. The summed E-state index contributed by atoms with van der Waals surface area (Å²) >= 11 is 0. The molecule has 1 rings (SSSR count). The van der Waals surface area contributed by atoms with Crippen LogP contribution in [0.5, 0.6) is 5.75 Å². The highest BCUT2D eigenvalue weighted by Crippen LogP contribution is 2.21.